The van der Waals surface area contributed by atoms with Gasteiger partial charge in [-0.25, -0.2) is 13.4 Å². The van der Waals surface area contributed by atoms with E-state index in [4.69, 9.17) is 5.73 Å². The zero-order valence-corrected chi connectivity index (χ0v) is 11.3. The molecule has 1 rings (SSSR count). The smallest absolute Gasteiger partial charge is 0.262 e. The van der Waals surface area contributed by atoms with Crippen LogP contribution in [0.15, 0.2) is 17.6 Å². The molecule has 0 amide bonds. The van der Waals surface area contributed by atoms with Crippen molar-refractivity contribution in [2.75, 3.05) is 19.6 Å². The average Bonchev–Trinajstić information content (AvgIpc) is 2.72. The Kier molecular flexibility index (Phi) is 4.67. The van der Waals surface area contributed by atoms with E-state index in [-0.39, 0.29) is 10.9 Å². The van der Waals surface area contributed by atoms with Crippen molar-refractivity contribution in [1.82, 2.24) is 13.9 Å². The van der Waals surface area contributed by atoms with E-state index >= 15 is 0 Å². The number of rotatable bonds is 6. The van der Waals surface area contributed by atoms with E-state index < -0.39 is 10.0 Å². The minimum absolute atomic E-state index is 0.0890. The van der Waals surface area contributed by atoms with E-state index in [1.807, 2.05) is 13.8 Å². The van der Waals surface area contributed by atoms with Crippen LogP contribution in [-0.4, -0.2) is 41.9 Å². The van der Waals surface area contributed by atoms with Crippen LogP contribution in [0.2, 0.25) is 0 Å². The standard InChI is InChI=1S/C10H20N4O2S/c1-4-14(6-9(2)5-11)17(15,16)10-7-13(3)8-12-10/h7-9H,4-6,11H2,1-3H3. The van der Waals surface area contributed by atoms with Crippen molar-refractivity contribution in [2.24, 2.45) is 18.7 Å². The molecule has 0 bridgehead atoms. The molecular weight excluding hydrogens is 240 g/mol. The molecule has 0 saturated carbocycles. The number of nitrogens with zero attached hydrogens (tertiary/aromatic N) is 3. The zero-order valence-electron chi connectivity index (χ0n) is 10.5. The Balaban J connectivity index is 2.94. The van der Waals surface area contributed by atoms with Crippen LogP contribution in [0.1, 0.15) is 13.8 Å². The Labute approximate surface area is 102 Å². The minimum Gasteiger partial charge on any atom is -0.339 e. The summed E-state index contributed by atoms with van der Waals surface area (Å²) in [6.07, 6.45) is 2.98. The van der Waals surface area contributed by atoms with Crippen LogP contribution < -0.4 is 5.73 Å². The van der Waals surface area contributed by atoms with Crippen molar-refractivity contribution in [3.05, 3.63) is 12.5 Å². The van der Waals surface area contributed by atoms with E-state index in [9.17, 15) is 8.42 Å². The van der Waals surface area contributed by atoms with Crippen LogP contribution in [-0.2, 0) is 17.1 Å². The van der Waals surface area contributed by atoms with Gasteiger partial charge in [0.1, 0.15) is 0 Å². The molecule has 0 fully saturated rings. The second-order valence-corrected chi connectivity index (χ2v) is 6.06. The van der Waals surface area contributed by atoms with Gasteiger partial charge in [0.15, 0.2) is 5.03 Å². The third-order valence-electron chi connectivity index (χ3n) is 2.56. The van der Waals surface area contributed by atoms with Gasteiger partial charge >= 0.3 is 0 Å². The van der Waals surface area contributed by atoms with Gasteiger partial charge in [-0.15, -0.1) is 0 Å². The summed E-state index contributed by atoms with van der Waals surface area (Å²) in [5.41, 5.74) is 5.52. The Morgan fingerprint density at radius 3 is 2.65 bits per heavy atom. The molecule has 1 aromatic rings. The van der Waals surface area contributed by atoms with Gasteiger partial charge in [-0.1, -0.05) is 13.8 Å². The minimum atomic E-state index is -3.49. The monoisotopic (exact) mass is 260 g/mol. The van der Waals surface area contributed by atoms with Crippen LogP contribution in [0, 0.1) is 5.92 Å². The summed E-state index contributed by atoms with van der Waals surface area (Å²) in [7, 11) is -1.75. The summed E-state index contributed by atoms with van der Waals surface area (Å²) < 4.78 is 27.5. The first kappa shape index (κ1) is 14.1. The third kappa shape index (κ3) is 3.27. The number of nitrogens with two attached hydrogens (primary N) is 1. The number of imidazole rings is 1. The van der Waals surface area contributed by atoms with Gasteiger partial charge in [-0.3, -0.25) is 0 Å². The maximum atomic E-state index is 12.2. The fourth-order valence-corrected chi connectivity index (χ4v) is 3.01. The summed E-state index contributed by atoms with van der Waals surface area (Å²) in [5, 5.41) is 0.0890. The Morgan fingerprint density at radius 2 is 2.24 bits per heavy atom. The molecular formula is C10H20N4O2S. The summed E-state index contributed by atoms with van der Waals surface area (Å²) in [5.74, 6) is 0.133. The van der Waals surface area contributed by atoms with Crippen LogP contribution in [0.5, 0.6) is 0 Å². The lowest BCUT2D eigenvalue weighted by Gasteiger charge is -2.22. The van der Waals surface area contributed by atoms with Crippen LogP contribution >= 0.6 is 0 Å². The molecule has 0 aliphatic carbocycles. The van der Waals surface area contributed by atoms with Crippen LogP contribution in [0.25, 0.3) is 0 Å². The van der Waals surface area contributed by atoms with E-state index in [2.05, 4.69) is 4.98 Å². The maximum Gasteiger partial charge on any atom is 0.262 e. The Hall–Kier alpha value is -0.920. The highest BCUT2D eigenvalue weighted by atomic mass is 32.2. The van der Waals surface area contributed by atoms with Crippen molar-refractivity contribution >= 4 is 10.0 Å². The predicted molar refractivity (Wildman–Crippen MR) is 65.9 cm³/mol. The van der Waals surface area contributed by atoms with Crippen LogP contribution in [0.4, 0.5) is 0 Å². The summed E-state index contributed by atoms with van der Waals surface area (Å²) in [4.78, 5) is 3.89. The Bertz CT molecular complexity index is 455. The largest absolute Gasteiger partial charge is 0.339 e. The lowest BCUT2D eigenvalue weighted by atomic mass is 10.2. The normalized spacial score (nSPS) is 14.2. The molecule has 0 aromatic carbocycles. The second kappa shape index (κ2) is 5.61. The van der Waals surface area contributed by atoms with Gasteiger partial charge < -0.3 is 10.3 Å². The molecule has 0 spiro atoms. The quantitative estimate of drug-likeness (QED) is 0.782. The number of aromatic nitrogens is 2. The molecule has 0 saturated heterocycles. The van der Waals surface area contributed by atoms with E-state index in [0.29, 0.717) is 19.6 Å². The van der Waals surface area contributed by atoms with Crippen molar-refractivity contribution in [3.63, 3.8) is 0 Å². The number of aryl methyl sites for hydroxylation is 1. The third-order valence-corrected chi connectivity index (χ3v) is 4.38. The first-order valence-electron chi connectivity index (χ1n) is 5.60. The first-order chi connectivity index (χ1) is 7.91. The summed E-state index contributed by atoms with van der Waals surface area (Å²) in [6, 6.07) is 0. The predicted octanol–water partition coefficient (Wildman–Crippen LogP) is 0.0255. The summed E-state index contributed by atoms with van der Waals surface area (Å²) in [6.45, 7) is 5.05. The lowest BCUT2D eigenvalue weighted by Crippen LogP contribution is -2.36. The Morgan fingerprint density at radius 1 is 1.59 bits per heavy atom. The van der Waals surface area contributed by atoms with Gasteiger partial charge in [0.25, 0.3) is 10.0 Å². The average molecular weight is 260 g/mol. The molecule has 0 aliphatic heterocycles. The fraction of sp³-hybridized carbons (Fsp3) is 0.700. The number of hydrogen-bond acceptors (Lipinski definition) is 4. The van der Waals surface area contributed by atoms with Crippen molar-refractivity contribution < 1.29 is 8.42 Å². The first-order valence-corrected chi connectivity index (χ1v) is 7.04. The van der Waals surface area contributed by atoms with E-state index in [0.717, 1.165) is 0 Å². The SMILES string of the molecule is CCN(CC(C)CN)S(=O)(=O)c1cn(C)cn1. The molecule has 1 aromatic heterocycles. The molecule has 17 heavy (non-hydrogen) atoms. The molecule has 1 unspecified atom stereocenters. The van der Waals surface area contributed by atoms with Gasteiger partial charge in [-0.05, 0) is 12.5 Å². The molecule has 6 nitrogen and oxygen atoms in total. The van der Waals surface area contributed by atoms with Gasteiger partial charge in [-0.2, -0.15) is 4.31 Å². The fourth-order valence-electron chi connectivity index (χ4n) is 1.47. The highest BCUT2D eigenvalue weighted by Crippen LogP contribution is 2.14. The van der Waals surface area contributed by atoms with Crippen molar-refractivity contribution in [2.45, 2.75) is 18.9 Å². The van der Waals surface area contributed by atoms with E-state index in [1.165, 1.54) is 16.8 Å². The maximum absolute atomic E-state index is 12.2. The van der Waals surface area contributed by atoms with Crippen molar-refractivity contribution in [3.8, 4) is 0 Å². The lowest BCUT2D eigenvalue weighted by molar-refractivity contribution is 0.370. The molecule has 7 heteroatoms. The zero-order chi connectivity index (χ0) is 13.1. The molecule has 98 valence electrons. The second-order valence-electron chi connectivity index (χ2n) is 4.17. The molecule has 2 N–H and O–H groups in total. The molecule has 1 atom stereocenters. The topological polar surface area (TPSA) is 81.2 Å². The van der Waals surface area contributed by atoms with Gasteiger partial charge in [0, 0.05) is 26.3 Å². The van der Waals surface area contributed by atoms with Gasteiger partial charge in [0.05, 0.1) is 6.33 Å². The van der Waals surface area contributed by atoms with Gasteiger partial charge in [0.2, 0.25) is 0 Å². The number of hydrogen-bond donors (Lipinski definition) is 1. The highest BCUT2D eigenvalue weighted by molar-refractivity contribution is 7.89. The molecule has 0 radical (unpaired) electrons. The molecule has 0 aliphatic rings. The van der Waals surface area contributed by atoms with E-state index in [1.54, 1.807) is 11.6 Å². The van der Waals surface area contributed by atoms with Crippen molar-refractivity contribution in [1.29, 1.82) is 0 Å². The summed E-state index contributed by atoms with van der Waals surface area (Å²) >= 11 is 0. The highest BCUT2D eigenvalue weighted by Gasteiger charge is 2.26. The number of sulfonamides is 1. The van der Waals surface area contributed by atoms with Crippen LogP contribution in [0.3, 0.4) is 0 Å². The molecule has 1 heterocycles.